The Labute approximate surface area is 104 Å². The molecule has 0 aromatic carbocycles. The Hall–Kier alpha value is -1.09. The van der Waals surface area contributed by atoms with E-state index in [1.165, 1.54) is 31.2 Å². The van der Waals surface area contributed by atoms with Crippen LogP contribution in [-0.2, 0) is 0 Å². The van der Waals surface area contributed by atoms with Crippen LogP contribution in [0.2, 0.25) is 0 Å². The van der Waals surface area contributed by atoms with Gasteiger partial charge in [0.05, 0.1) is 0 Å². The Morgan fingerprint density at radius 1 is 1.29 bits per heavy atom. The standard InChI is InChI=1S/C14H23N3/c1-11-3-8-14(16-9-11)17(2)10-12-4-6-13(15)7-5-12/h3,8-9,12-13H,4-7,10,15H2,1-2H3. The fraction of sp³-hybridized carbons (Fsp3) is 0.643. The summed E-state index contributed by atoms with van der Waals surface area (Å²) in [4.78, 5) is 6.72. The Morgan fingerprint density at radius 3 is 2.59 bits per heavy atom. The van der Waals surface area contributed by atoms with E-state index in [4.69, 9.17) is 5.73 Å². The highest BCUT2D eigenvalue weighted by Gasteiger charge is 2.20. The topological polar surface area (TPSA) is 42.1 Å². The number of nitrogens with zero attached hydrogens (tertiary/aromatic N) is 2. The molecule has 1 fully saturated rings. The van der Waals surface area contributed by atoms with Gasteiger partial charge in [-0.25, -0.2) is 4.98 Å². The highest BCUT2D eigenvalue weighted by molar-refractivity contribution is 5.38. The molecular weight excluding hydrogens is 210 g/mol. The molecule has 1 aliphatic carbocycles. The zero-order valence-electron chi connectivity index (χ0n) is 10.9. The smallest absolute Gasteiger partial charge is 0.128 e. The molecule has 0 atom stereocenters. The van der Waals surface area contributed by atoms with Gasteiger partial charge in [-0.2, -0.15) is 0 Å². The molecule has 2 rings (SSSR count). The van der Waals surface area contributed by atoms with Gasteiger partial charge < -0.3 is 10.6 Å². The number of nitrogens with two attached hydrogens (primary N) is 1. The second kappa shape index (κ2) is 5.50. The van der Waals surface area contributed by atoms with Crippen molar-refractivity contribution in [2.75, 3.05) is 18.5 Å². The van der Waals surface area contributed by atoms with E-state index in [1.54, 1.807) is 0 Å². The van der Waals surface area contributed by atoms with E-state index in [9.17, 15) is 0 Å². The first-order valence-electron chi connectivity index (χ1n) is 6.54. The van der Waals surface area contributed by atoms with Crippen molar-refractivity contribution in [3.63, 3.8) is 0 Å². The molecule has 1 saturated carbocycles. The minimum atomic E-state index is 0.439. The largest absolute Gasteiger partial charge is 0.359 e. The second-order valence-corrected chi connectivity index (χ2v) is 5.36. The molecular formula is C14H23N3. The third-order valence-electron chi connectivity index (χ3n) is 3.71. The predicted molar refractivity (Wildman–Crippen MR) is 72.2 cm³/mol. The van der Waals surface area contributed by atoms with Crippen LogP contribution in [-0.4, -0.2) is 24.6 Å². The number of aryl methyl sites for hydroxylation is 1. The van der Waals surface area contributed by atoms with Crippen molar-refractivity contribution in [1.82, 2.24) is 4.98 Å². The van der Waals surface area contributed by atoms with Crippen molar-refractivity contribution >= 4 is 5.82 Å². The number of hydrogen-bond acceptors (Lipinski definition) is 3. The summed E-state index contributed by atoms with van der Waals surface area (Å²) in [5.41, 5.74) is 7.14. The van der Waals surface area contributed by atoms with Crippen LogP contribution in [0.15, 0.2) is 18.3 Å². The molecule has 1 heterocycles. The van der Waals surface area contributed by atoms with Crippen LogP contribution < -0.4 is 10.6 Å². The van der Waals surface area contributed by atoms with Crippen molar-refractivity contribution in [3.8, 4) is 0 Å². The third-order valence-corrected chi connectivity index (χ3v) is 3.71. The van der Waals surface area contributed by atoms with Crippen LogP contribution in [0, 0.1) is 12.8 Å². The predicted octanol–water partition coefficient (Wildman–Crippen LogP) is 2.34. The van der Waals surface area contributed by atoms with E-state index in [-0.39, 0.29) is 0 Å². The summed E-state index contributed by atoms with van der Waals surface area (Å²) in [7, 11) is 2.13. The van der Waals surface area contributed by atoms with E-state index in [1.807, 2.05) is 6.20 Å². The lowest BCUT2D eigenvalue weighted by Gasteiger charge is -2.30. The average molecular weight is 233 g/mol. The van der Waals surface area contributed by atoms with Crippen molar-refractivity contribution in [2.45, 2.75) is 38.6 Å². The summed E-state index contributed by atoms with van der Waals surface area (Å²) in [6.45, 7) is 3.17. The van der Waals surface area contributed by atoms with Gasteiger partial charge in [0.2, 0.25) is 0 Å². The minimum absolute atomic E-state index is 0.439. The van der Waals surface area contributed by atoms with Crippen LogP contribution in [0.5, 0.6) is 0 Å². The first-order valence-corrected chi connectivity index (χ1v) is 6.54. The summed E-state index contributed by atoms with van der Waals surface area (Å²) in [5.74, 6) is 1.85. The molecule has 0 saturated heterocycles. The van der Waals surface area contributed by atoms with Gasteiger partial charge in [-0.1, -0.05) is 6.07 Å². The number of rotatable bonds is 3. The Balaban J connectivity index is 1.88. The van der Waals surface area contributed by atoms with Gasteiger partial charge in [0.25, 0.3) is 0 Å². The maximum absolute atomic E-state index is 5.93. The molecule has 2 N–H and O–H groups in total. The van der Waals surface area contributed by atoms with Gasteiger partial charge >= 0.3 is 0 Å². The van der Waals surface area contributed by atoms with Crippen molar-refractivity contribution in [3.05, 3.63) is 23.9 Å². The van der Waals surface area contributed by atoms with Gasteiger partial charge in [0, 0.05) is 25.8 Å². The van der Waals surface area contributed by atoms with Crippen LogP contribution >= 0.6 is 0 Å². The number of hydrogen-bond donors (Lipinski definition) is 1. The fourth-order valence-corrected chi connectivity index (χ4v) is 2.54. The SMILES string of the molecule is Cc1ccc(N(C)CC2CCC(N)CC2)nc1. The molecule has 0 unspecified atom stereocenters. The molecule has 1 aliphatic rings. The molecule has 0 spiro atoms. The van der Waals surface area contributed by atoms with Gasteiger partial charge in [0.15, 0.2) is 0 Å². The molecule has 1 aromatic heterocycles. The first kappa shape index (κ1) is 12.4. The summed E-state index contributed by atoms with van der Waals surface area (Å²) < 4.78 is 0. The lowest BCUT2D eigenvalue weighted by Crippen LogP contribution is -2.32. The summed E-state index contributed by atoms with van der Waals surface area (Å²) in [6.07, 6.45) is 6.82. The summed E-state index contributed by atoms with van der Waals surface area (Å²) in [5, 5.41) is 0. The van der Waals surface area contributed by atoms with E-state index in [0.29, 0.717) is 6.04 Å². The van der Waals surface area contributed by atoms with Gasteiger partial charge in [-0.05, 0) is 50.2 Å². The van der Waals surface area contributed by atoms with Crippen LogP contribution in [0.3, 0.4) is 0 Å². The Morgan fingerprint density at radius 2 is 2.00 bits per heavy atom. The monoisotopic (exact) mass is 233 g/mol. The first-order chi connectivity index (χ1) is 8.15. The van der Waals surface area contributed by atoms with E-state index in [2.05, 4.69) is 36.0 Å². The van der Waals surface area contributed by atoms with E-state index < -0.39 is 0 Å². The Bertz CT molecular complexity index is 339. The number of pyridine rings is 1. The van der Waals surface area contributed by atoms with Gasteiger partial charge in [-0.3, -0.25) is 0 Å². The molecule has 3 nitrogen and oxygen atoms in total. The lowest BCUT2D eigenvalue weighted by molar-refractivity contribution is 0.329. The number of anilines is 1. The molecule has 17 heavy (non-hydrogen) atoms. The van der Waals surface area contributed by atoms with Crippen molar-refractivity contribution in [1.29, 1.82) is 0 Å². The van der Waals surface area contributed by atoms with Crippen molar-refractivity contribution < 1.29 is 0 Å². The maximum Gasteiger partial charge on any atom is 0.128 e. The van der Waals surface area contributed by atoms with E-state index >= 15 is 0 Å². The lowest BCUT2D eigenvalue weighted by atomic mass is 9.86. The minimum Gasteiger partial charge on any atom is -0.359 e. The molecule has 0 radical (unpaired) electrons. The second-order valence-electron chi connectivity index (χ2n) is 5.36. The quantitative estimate of drug-likeness (QED) is 0.871. The molecule has 0 aliphatic heterocycles. The normalized spacial score (nSPS) is 24.6. The van der Waals surface area contributed by atoms with Gasteiger partial charge in [-0.15, -0.1) is 0 Å². The third kappa shape index (κ3) is 3.43. The average Bonchev–Trinajstić information content (AvgIpc) is 2.33. The molecule has 1 aromatic rings. The summed E-state index contributed by atoms with van der Waals surface area (Å²) in [6, 6.07) is 4.66. The molecule has 94 valence electrons. The molecule has 3 heteroatoms. The highest BCUT2D eigenvalue weighted by Crippen LogP contribution is 2.24. The zero-order chi connectivity index (χ0) is 12.3. The molecule has 0 amide bonds. The molecule has 0 bridgehead atoms. The van der Waals surface area contributed by atoms with Crippen LogP contribution in [0.25, 0.3) is 0 Å². The van der Waals surface area contributed by atoms with Crippen LogP contribution in [0.4, 0.5) is 5.82 Å². The van der Waals surface area contributed by atoms with Crippen LogP contribution in [0.1, 0.15) is 31.2 Å². The fourth-order valence-electron chi connectivity index (χ4n) is 2.54. The van der Waals surface area contributed by atoms with E-state index in [0.717, 1.165) is 18.3 Å². The summed E-state index contributed by atoms with van der Waals surface area (Å²) >= 11 is 0. The zero-order valence-corrected chi connectivity index (χ0v) is 10.9. The maximum atomic E-state index is 5.93. The van der Waals surface area contributed by atoms with Gasteiger partial charge in [0.1, 0.15) is 5.82 Å². The Kier molecular flexibility index (Phi) is 4.00. The van der Waals surface area contributed by atoms with Crippen molar-refractivity contribution in [2.24, 2.45) is 11.7 Å². The highest BCUT2D eigenvalue weighted by atomic mass is 15.2. The number of aromatic nitrogens is 1.